The van der Waals surface area contributed by atoms with E-state index in [0.29, 0.717) is 24.5 Å². The Kier molecular flexibility index (Phi) is 4.79. The molecule has 0 unspecified atom stereocenters. The minimum absolute atomic E-state index is 0.516. The normalized spacial score (nSPS) is 23.7. The van der Waals surface area contributed by atoms with Gasteiger partial charge in [0.15, 0.2) is 0 Å². The van der Waals surface area contributed by atoms with E-state index in [4.69, 9.17) is 4.74 Å². The quantitative estimate of drug-likeness (QED) is 0.870. The molecule has 0 amide bonds. The van der Waals surface area contributed by atoms with E-state index in [-0.39, 0.29) is 0 Å². The van der Waals surface area contributed by atoms with E-state index in [9.17, 15) is 0 Å². The molecule has 0 radical (unpaired) electrons. The van der Waals surface area contributed by atoms with Crippen LogP contribution in [0.15, 0.2) is 12.3 Å². The van der Waals surface area contributed by atoms with Crippen LogP contribution in [0.2, 0.25) is 0 Å². The lowest BCUT2D eigenvalue weighted by molar-refractivity contribution is 0.304. The van der Waals surface area contributed by atoms with Crippen molar-refractivity contribution in [3.63, 3.8) is 0 Å². The predicted octanol–water partition coefficient (Wildman–Crippen LogP) is 3.26. The first-order valence-corrected chi connectivity index (χ1v) is 7.00. The molecule has 1 aromatic rings. The predicted molar refractivity (Wildman–Crippen MR) is 72.9 cm³/mol. The van der Waals surface area contributed by atoms with E-state index >= 15 is 0 Å². The Morgan fingerprint density at radius 1 is 1.33 bits per heavy atom. The highest BCUT2D eigenvalue weighted by molar-refractivity contribution is 5.28. The average molecular weight is 249 g/mol. The molecule has 0 saturated heterocycles. The Hall–Kier alpha value is -1.32. The molecule has 1 N–H and O–H groups in total. The number of aromatic nitrogens is 2. The van der Waals surface area contributed by atoms with Crippen LogP contribution in [0.4, 0.5) is 5.95 Å². The zero-order chi connectivity index (χ0) is 12.8. The van der Waals surface area contributed by atoms with Crippen molar-refractivity contribution < 1.29 is 4.74 Å². The minimum Gasteiger partial charge on any atom is -0.478 e. The molecular weight excluding hydrogens is 226 g/mol. The fourth-order valence-electron chi connectivity index (χ4n) is 2.29. The standard InChI is InChI=1S/C14H23N3O/c1-3-10-18-13-8-9-15-14(17-13)16-12-6-4-11(2)5-7-12/h8-9,11-12H,3-7,10H2,1-2H3,(H,15,16,17). The van der Waals surface area contributed by atoms with Gasteiger partial charge in [-0.15, -0.1) is 0 Å². The molecule has 0 aromatic carbocycles. The third-order valence-corrected chi connectivity index (χ3v) is 3.43. The maximum Gasteiger partial charge on any atom is 0.226 e. The Labute approximate surface area is 109 Å². The fourth-order valence-corrected chi connectivity index (χ4v) is 2.29. The van der Waals surface area contributed by atoms with Crippen molar-refractivity contribution in [3.8, 4) is 5.88 Å². The second kappa shape index (κ2) is 6.57. The molecule has 100 valence electrons. The van der Waals surface area contributed by atoms with Gasteiger partial charge in [0.2, 0.25) is 11.8 Å². The second-order valence-electron chi connectivity index (χ2n) is 5.17. The van der Waals surface area contributed by atoms with Gasteiger partial charge in [-0.05, 0) is 38.0 Å². The Bertz CT molecular complexity index is 362. The molecule has 0 aliphatic heterocycles. The molecule has 0 atom stereocenters. The maximum atomic E-state index is 5.51. The second-order valence-corrected chi connectivity index (χ2v) is 5.17. The third-order valence-electron chi connectivity index (χ3n) is 3.43. The summed E-state index contributed by atoms with van der Waals surface area (Å²) in [5, 5.41) is 3.42. The molecule has 0 bridgehead atoms. The summed E-state index contributed by atoms with van der Waals surface area (Å²) in [6, 6.07) is 2.33. The van der Waals surface area contributed by atoms with Crippen molar-refractivity contribution in [2.45, 2.75) is 52.0 Å². The van der Waals surface area contributed by atoms with Crippen LogP contribution in [-0.2, 0) is 0 Å². The van der Waals surface area contributed by atoms with E-state index < -0.39 is 0 Å². The zero-order valence-electron chi connectivity index (χ0n) is 11.4. The molecule has 1 fully saturated rings. The highest BCUT2D eigenvalue weighted by Gasteiger charge is 2.18. The smallest absolute Gasteiger partial charge is 0.226 e. The van der Waals surface area contributed by atoms with Crippen LogP contribution in [0.5, 0.6) is 5.88 Å². The van der Waals surface area contributed by atoms with Gasteiger partial charge in [0.25, 0.3) is 0 Å². The molecule has 4 heteroatoms. The van der Waals surface area contributed by atoms with E-state index in [1.54, 1.807) is 6.20 Å². The van der Waals surface area contributed by atoms with Crippen molar-refractivity contribution in [2.24, 2.45) is 5.92 Å². The summed E-state index contributed by atoms with van der Waals surface area (Å²) in [5.74, 6) is 2.23. The summed E-state index contributed by atoms with van der Waals surface area (Å²) in [5.41, 5.74) is 0. The maximum absolute atomic E-state index is 5.51. The monoisotopic (exact) mass is 249 g/mol. The molecule has 2 rings (SSSR count). The lowest BCUT2D eigenvalue weighted by Gasteiger charge is -2.26. The third kappa shape index (κ3) is 3.86. The molecule has 1 heterocycles. The van der Waals surface area contributed by atoms with Gasteiger partial charge in [-0.25, -0.2) is 4.98 Å². The first-order chi connectivity index (χ1) is 8.78. The van der Waals surface area contributed by atoms with Crippen LogP contribution in [0, 0.1) is 5.92 Å². The van der Waals surface area contributed by atoms with Crippen LogP contribution in [0.1, 0.15) is 46.0 Å². The van der Waals surface area contributed by atoms with E-state index in [1.165, 1.54) is 25.7 Å². The number of anilines is 1. The zero-order valence-corrected chi connectivity index (χ0v) is 11.4. The van der Waals surface area contributed by atoms with Crippen molar-refractivity contribution in [2.75, 3.05) is 11.9 Å². The molecule has 1 saturated carbocycles. The molecule has 1 aliphatic carbocycles. The van der Waals surface area contributed by atoms with E-state index in [1.807, 2.05) is 6.07 Å². The summed E-state index contributed by atoms with van der Waals surface area (Å²) in [6.45, 7) is 5.12. The van der Waals surface area contributed by atoms with Gasteiger partial charge in [-0.3, -0.25) is 0 Å². The first-order valence-electron chi connectivity index (χ1n) is 7.00. The van der Waals surface area contributed by atoms with Gasteiger partial charge < -0.3 is 10.1 Å². The minimum atomic E-state index is 0.516. The summed E-state index contributed by atoms with van der Waals surface area (Å²) < 4.78 is 5.51. The Morgan fingerprint density at radius 2 is 2.11 bits per heavy atom. The van der Waals surface area contributed by atoms with Crippen LogP contribution >= 0.6 is 0 Å². The average Bonchev–Trinajstić information content (AvgIpc) is 2.40. The van der Waals surface area contributed by atoms with Gasteiger partial charge in [0.1, 0.15) is 0 Å². The highest BCUT2D eigenvalue weighted by Crippen LogP contribution is 2.25. The lowest BCUT2D eigenvalue weighted by atomic mass is 9.87. The summed E-state index contributed by atoms with van der Waals surface area (Å²) in [4.78, 5) is 8.64. The first kappa shape index (κ1) is 13.1. The molecule has 4 nitrogen and oxygen atoms in total. The van der Waals surface area contributed by atoms with E-state index in [2.05, 4.69) is 29.1 Å². The number of hydrogen-bond donors (Lipinski definition) is 1. The van der Waals surface area contributed by atoms with Crippen LogP contribution in [-0.4, -0.2) is 22.6 Å². The van der Waals surface area contributed by atoms with Crippen molar-refractivity contribution in [1.29, 1.82) is 0 Å². The summed E-state index contributed by atoms with van der Waals surface area (Å²) in [6.07, 6.45) is 7.77. The van der Waals surface area contributed by atoms with Crippen molar-refractivity contribution in [3.05, 3.63) is 12.3 Å². The molecule has 1 aromatic heterocycles. The van der Waals surface area contributed by atoms with Crippen LogP contribution in [0.25, 0.3) is 0 Å². The molecular formula is C14H23N3O. The number of nitrogens with zero attached hydrogens (tertiary/aromatic N) is 2. The van der Waals surface area contributed by atoms with Crippen LogP contribution < -0.4 is 10.1 Å². The van der Waals surface area contributed by atoms with Gasteiger partial charge in [-0.1, -0.05) is 13.8 Å². The topological polar surface area (TPSA) is 47.0 Å². The van der Waals surface area contributed by atoms with Gasteiger partial charge >= 0.3 is 0 Å². The largest absolute Gasteiger partial charge is 0.478 e. The number of hydrogen-bond acceptors (Lipinski definition) is 4. The number of rotatable bonds is 5. The molecule has 18 heavy (non-hydrogen) atoms. The van der Waals surface area contributed by atoms with Gasteiger partial charge in [0.05, 0.1) is 6.61 Å². The van der Waals surface area contributed by atoms with Gasteiger partial charge in [0, 0.05) is 18.3 Å². The Morgan fingerprint density at radius 3 is 2.83 bits per heavy atom. The van der Waals surface area contributed by atoms with Crippen molar-refractivity contribution >= 4 is 5.95 Å². The highest BCUT2D eigenvalue weighted by atomic mass is 16.5. The summed E-state index contributed by atoms with van der Waals surface area (Å²) >= 11 is 0. The molecule has 1 aliphatic rings. The molecule has 0 spiro atoms. The SMILES string of the molecule is CCCOc1ccnc(NC2CCC(C)CC2)n1. The summed E-state index contributed by atoms with van der Waals surface area (Å²) in [7, 11) is 0. The van der Waals surface area contributed by atoms with Crippen LogP contribution in [0.3, 0.4) is 0 Å². The fraction of sp³-hybridized carbons (Fsp3) is 0.714. The lowest BCUT2D eigenvalue weighted by Crippen LogP contribution is -2.26. The number of ether oxygens (including phenoxy) is 1. The number of nitrogens with one attached hydrogen (secondary N) is 1. The van der Waals surface area contributed by atoms with Crippen molar-refractivity contribution in [1.82, 2.24) is 9.97 Å². The van der Waals surface area contributed by atoms with Gasteiger partial charge in [-0.2, -0.15) is 4.98 Å². The Balaban J connectivity index is 1.88. The van der Waals surface area contributed by atoms with E-state index in [0.717, 1.165) is 12.3 Å².